The lowest BCUT2D eigenvalue weighted by Crippen LogP contribution is -2.38. The van der Waals surface area contributed by atoms with E-state index in [1.54, 1.807) is 31.5 Å². The number of hydrogen-bond acceptors (Lipinski definition) is 3. The molecule has 1 aromatic carbocycles. The summed E-state index contributed by atoms with van der Waals surface area (Å²) in [5, 5.41) is 4.93. The number of methoxy groups -OCH3 is 1. The van der Waals surface area contributed by atoms with Crippen LogP contribution in [0.25, 0.3) is 0 Å². The molecule has 0 amide bonds. The molecule has 0 bridgehead atoms. The molecule has 0 aliphatic heterocycles. The molecule has 1 heterocycles. The minimum Gasteiger partial charge on any atom is -0.385 e. The predicted molar refractivity (Wildman–Crippen MR) is 109 cm³/mol. The van der Waals surface area contributed by atoms with E-state index in [0.29, 0.717) is 21.8 Å². The van der Waals surface area contributed by atoms with Crippen LogP contribution in [-0.4, -0.2) is 35.3 Å². The minimum absolute atomic E-state index is 0.0210. The van der Waals surface area contributed by atoms with Crippen molar-refractivity contribution in [2.45, 2.75) is 19.4 Å². The molecule has 0 fully saturated rings. The SMILES string of the molecule is COCCCN(C(=S)Nc1cc(Cl)cc(Cl)c1)[C@H](C)c1ccccn1. The van der Waals surface area contributed by atoms with Crippen molar-refractivity contribution < 1.29 is 4.74 Å². The van der Waals surface area contributed by atoms with Gasteiger partial charge < -0.3 is 15.0 Å². The Morgan fingerprint density at radius 1 is 1.28 bits per heavy atom. The molecule has 1 atom stereocenters. The molecule has 0 saturated heterocycles. The number of hydrogen-bond donors (Lipinski definition) is 1. The summed E-state index contributed by atoms with van der Waals surface area (Å²) in [5.41, 5.74) is 1.71. The second-order valence-electron chi connectivity index (χ2n) is 5.56. The molecular formula is C18H21Cl2N3OS. The second-order valence-corrected chi connectivity index (χ2v) is 6.82. The summed E-state index contributed by atoms with van der Waals surface area (Å²) < 4.78 is 5.17. The lowest BCUT2D eigenvalue weighted by atomic mass is 10.2. The van der Waals surface area contributed by atoms with E-state index in [0.717, 1.165) is 24.3 Å². The molecule has 0 saturated carbocycles. The second kappa shape index (κ2) is 9.92. The average Bonchev–Trinajstić information content (AvgIpc) is 2.58. The quantitative estimate of drug-likeness (QED) is 0.514. The van der Waals surface area contributed by atoms with E-state index >= 15 is 0 Å². The van der Waals surface area contributed by atoms with Gasteiger partial charge in [0.1, 0.15) is 0 Å². The van der Waals surface area contributed by atoms with Gasteiger partial charge in [0.2, 0.25) is 0 Å². The van der Waals surface area contributed by atoms with Crippen molar-refractivity contribution in [3.63, 3.8) is 0 Å². The van der Waals surface area contributed by atoms with E-state index in [2.05, 4.69) is 22.1 Å². The maximum absolute atomic E-state index is 6.07. The normalized spacial score (nSPS) is 11.8. The highest BCUT2D eigenvalue weighted by Gasteiger charge is 2.19. The van der Waals surface area contributed by atoms with Crippen molar-refractivity contribution in [2.75, 3.05) is 25.6 Å². The van der Waals surface area contributed by atoms with Crippen LogP contribution in [-0.2, 0) is 4.74 Å². The molecule has 7 heteroatoms. The van der Waals surface area contributed by atoms with Gasteiger partial charge in [0.05, 0.1) is 11.7 Å². The number of aromatic nitrogens is 1. The maximum Gasteiger partial charge on any atom is 0.173 e. The van der Waals surface area contributed by atoms with Gasteiger partial charge in [0.15, 0.2) is 5.11 Å². The van der Waals surface area contributed by atoms with Crippen molar-refractivity contribution in [2.24, 2.45) is 0 Å². The van der Waals surface area contributed by atoms with E-state index in [1.165, 1.54) is 0 Å². The van der Waals surface area contributed by atoms with Crippen LogP contribution in [0.5, 0.6) is 0 Å². The Labute approximate surface area is 164 Å². The fourth-order valence-corrected chi connectivity index (χ4v) is 3.35. The van der Waals surface area contributed by atoms with E-state index in [1.807, 2.05) is 18.2 Å². The van der Waals surface area contributed by atoms with Gasteiger partial charge in [-0.15, -0.1) is 0 Å². The summed E-state index contributed by atoms with van der Waals surface area (Å²) in [6.45, 7) is 3.48. The zero-order valence-corrected chi connectivity index (χ0v) is 16.5. The van der Waals surface area contributed by atoms with E-state index in [9.17, 15) is 0 Å². The molecule has 0 radical (unpaired) electrons. The number of thiocarbonyl (C=S) groups is 1. The molecule has 1 N–H and O–H groups in total. The number of benzene rings is 1. The number of halogens is 2. The lowest BCUT2D eigenvalue weighted by molar-refractivity contribution is 0.181. The molecular weight excluding hydrogens is 377 g/mol. The Bertz CT molecular complexity index is 680. The van der Waals surface area contributed by atoms with Crippen LogP contribution in [0.4, 0.5) is 5.69 Å². The highest BCUT2D eigenvalue weighted by Crippen LogP contribution is 2.24. The Kier molecular flexibility index (Phi) is 7.90. The summed E-state index contributed by atoms with van der Waals surface area (Å²) in [5.74, 6) is 0. The van der Waals surface area contributed by atoms with Gasteiger partial charge in [-0.25, -0.2) is 0 Å². The number of anilines is 1. The van der Waals surface area contributed by atoms with Crippen molar-refractivity contribution in [1.29, 1.82) is 0 Å². The summed E-state index contributed by atoms with van der Waals surface area (Å²) in [7, 11) is 1.69. The Morgan fingerprint density at radius 3 is 2.60 bits per heavy atom. The zero-order valence-electron chi connectivity index (χ0n) is 14.2. The van der Waals surface area contributed by atoms with Crippen LogP contribution < -0.4 is 5.32 Å². The van der Waals surface area contributed by atoms with Crippen molar-refractivity contribution in [1.82, 2.24) is 9.88 Å². The predicted octanol–water partition coefficient (Wildman–Crippen LogP) is 5.18. The van der Waals surface area contributed by atoms with Gasteiger partial charge in [-0.3, -0.25) is 4.98 Å². The first-order chi connectivity index (χ1) is 12.0. The van der Waals surface area contributed by atoms with Gasteiger partial charge in [-0.2, -0.15) is 0 Å². The number of ether oxygens (including phenoxy) is 1. The van der Waals surface area contributed by atoms with E-state index < -0.39 is 0 Å². The average molecular weight is 398 g/mol. The van der Waals surface area contributed by atoms with Gasteiger partial charge in [-0.1, -0.05) is 29.3 Å². The van der Waals surface area contributed by atoms with Gasteiger partial charge in [-0.05, 0) is 55.9 Å². The van der Waals surface area contributed by atoms with Crippen molar-refractivity contribution in [3.8, 4) is 0 Å². The molecule has 2 rings (SSSR count). The van der Waals surface area contributed by atoms with Crippen LogP contribution in [0, 0.1) is 0 Å². The van der Waals surface area contributed by atoms with Crippen LogP contribution >= 0.6 is 35.4 Å². The Morgan fingerprint density at radius 2 is 2.00 bits per heavy atom. The van der Waals surface area contributed by atoms with Gasteiger partial charge >= 0.3 is 0 Å². The first kappa shape index (κ1) is 19.9. The largest absolute Gasteiger partial charge is 0.385 e. The third kappa shape index (κ3) is 6.12. The van der Waals surface area contributed by atoms with Gasteiger partial charge in [0.25, 0.3) is 0 Å². The zero-order chi connectivity index (χ0) is 18.2. The third-order valence-corrected chi connectivity index (χ3v) is 4.48. The summed E-state index contributed by atoms with van der Waals surface area (Å²) in [6, 6.07) is 11.1. The number of nitrogens with zero attached hydrogens (tertiary/aromatic N) is 2. The fourth-order valence-electron chi connectivity index (χ4n) is 2.45. The molecule has 0 unspecified atom stereocenters. The molecule has 0 aliphatic rings. The molecule has 134 valence electrons. The summed E-state index contributed by atoms with van der Waals surface area (Å²) in [4.78, 5) is 6.53. The highest BCUT2D eigenvalue weighted by molar-refractivity contribution is 7.80. The monoisotopic (exact) mass is 397 g/mol. The molecule has 1 aromatic heterocycles. The van der Waals surface area contributed by atoms with Crippen LogP contribution in [0.15, 0.2) is 42.6 Å². The van der Waals surface area contributed by atoms with Gasteiger partial charge in [0, 0.05) is 42.2 Å². The molecule has 25 heavy (non-hydrogen) atoms. The molecule has 0 spiro atoms. The molecule has 4 nitrogen and oxygen atoms in total. The summed E-state index contributed by atoms with van der Waals surface area (Å²) >= 11 is 17.8. The Hall–Kier alpha value is -1.40. The third-order valence-electron chi connectivity index (χ3n) is 3.71. The number of nitrogens with one attached hydrogen (secondary N) is 1. The van der Waals surface area contributed by atoms with Crippen molar-refractivity contribution in [3.05, 3.63) is 58.3 Å². The van der Waals surface area contributed by atoms with E-state index in [4.69, 9.17) is 40.2 Å². The highest BCUT2D eigenvalue weighted by atomic mass is 35.5. The Balaban J connectivity index is 2.17. The fraction of sp³-hybridized carbons (Fsp3) is 0.333. The molecule has 2 aromatic rings. The summed E-state index contributed by atoms with van der Waals surface area (Å²) in [6.07, 6.45) is 2.64. The smallest absolute Gasteiger partial charge is 0.173 e. The van der Waals surface area contributed by atoms with E-state index in [-0.39, 0.29) is 6.04 Å². The van der Waals surface area contributed by atoms with Crippen LogP contribution in [0.3, 0.4) is 0 Å². The topological polar surface area (TPSA) is 37.4 Å². The van der Waals surface area contributed by atoms with Crippen molar-refractivity contribution >= 4 is 46.2 Å². The minimum atomic E-state index is 0.0210. The van der Waals surface area contributed by atoms with Crippen LogP contribution in [0.1, 0.15) is 25.1 Å². The first-order valence-corrected chi connectivity index (χ1v) is 9.11. The number of rotatable bonds is 7. The maximum atomic E-state index is 6.07. The lowest BCUT2D eigenvalue weighted by Gasteiger charge is -2.31. The first-order valence-electron chi connectivity index (χ1n) is 7.95. The molecule has 0 aliphatic carbocycles. The standard InChI is InChI=1S/C18H21Cl2N3OS/c1-13(17-6-3-4-7-21-17)23(8-5-9-24-2)18(25)22-16-11-14(19)10-15(20)12-16/h3-4,6-7,10-13H,5,8-9H2,1-2H3,(H,22,25)/t13-/m1/s1. The van der Waals surface area contributed by atoms with Crippen LogP contribution in [0.2, 0.25) is 10.0 Å². The number of pyridine rings is 1.